The summed E-state index contributed by atoms with van der Waals surface area (Å²) in [5, 5.41) is 9.79. The zero-order chi connectivity index (χ0) is 17.1. The van der Waals surface area contributed by atoms with E-state index in [2.05, 4.69) is 20.9 Å². The van der Waals surface area contributed by atoms with Gasteiger partial charge in [-0.2, -0.15) is 10.2 Å². The lowest BCUT2D eigenvalue weighted by Gasteiger charge is -2.31. The smallest absolute Gasteiger partial charge is 0.222 e. The number of rotatable bonds is 2. The fourth-order valence-corrected chi connectivity index (χ4v) is 3.14. The van der Waals surface area contributed by atoms with Crippen LogP contribution in [-0.4, -0.2) is 29.7 Å². The summed E-state index contributed by atoms with van der Waals surface area (Å²) in [4.78, 5) is 10.6. The molecular weight excluding hydrogens is 326 g/mol. The molecule has 2 heterocycles. The van der Waals surface area contributed by atoms with Crippen molar-refractivity contribution >= 4 is 23.4 Å². The molecule has 124 valence electrons. The van der Waals surface area contributed by atoms with Crippen molar-refractivity contribution in [2.45, 2.75) is 19.4 Å². The van der Waals surface area contributed by atoms with E-state index in [-0.39, 0.29) is 12.0 Å². The van der Waals surface area contributed by atoms with Gasteiger partial charge in [-0.15, -0.1) is 0 Å². The first-order valence-electron chi connectivity index (χ1n) is 7.73. The number of halogens is 1. The fraction of sp³-hybridized carbons (Fsp3) is 0.353. The zero-order valence-electron chi connectivity index (χ0n) is 13.4. The van der Waals surface area contributed by atoms with Crippen LogP contribution in [0.15, 0.2) is 24.3 Å². The second kappa shape index (κ2) is 7.04. The lowest BCUT2D eigenvalue weighted by atomic mass is 10.0. The van der Waals surface area contributed by atoms with Gasteiger partial charge in [0.15, 0.2) is 0 Å². The van der Waals surface area contributed by atoms with E-state index >= 15 is 0 Å². The maximum absolute atomic E-state index is 9.19. The molecule has 1 aromatic carbocycles. The topological polar surface area (TPSA) is 88.1 Å². The number of aryl methyl sites for hydroxylation is 1. The number of anilines is 2. The summed E-state index contributed by atoms with van der Waals surface area (Å²) >= 11 is 6.41. The number of nitrogens with two attached hydrogens (primary N) is 1. The molecule has 0 aliphatic carbocycles. The van der Waals surface area contributed by atoms with Gasteiger partial charge in [-0.1, -0.05) is 11.6 Å². The van der Waals surface area contributed by atoms with E-state index in [0.29, 0.717) is 23.8 Å². The van der Waals surface area contributed by atoms with Crippen LogP contribution in [0.1, 0.15) is 29.3 Å². The Morgan fingerprint density at radius 1 is 1.38 bits per heavy atom. The van der Waals surface area contributed by atoms with Crippen LogP contribution in [0.3, 0.4) is 0 Å². The average Bonchev–Trinajstić information content (AvgIpc) is 2.80. The van der Waals surface area contributed by atoms with Gasteiger partial charge in [0, 0.05) is 29.9 Å². The first-order chi connectivity index (χ1) is 11.6. The van der Waals surface area contributed by atoms with E-state index in [4.69, 9.17) is 22.1 Å². The molecule has 0 spiro atoms. The largest absolute Gasteiger partial charge is 0.379 e. The van der Waals surface area contributed by atoms with Crippen molar-refractivity contribution in [2.75, 3.05) is 30.4 Å². The Balaban J connectivity index is 2.07. The summed E-state index contributed by atoms with van der Waals surface area (Å²) in [7, 11) is 0. The molecule has 1 atom stereocenters. The van der Waals surface area contributed by atoms with Crippen LogP contribution in [0.2, 0.25) is 5.02 Å². The molecule has 3 rings (SSSR count). The summed E-state index contributed by atoms with van der Waals surface area (Å²) in [5.74, 6) is 0.986. The third-order valence-corrected chi connectivity index (χ3v) is 4.32. The standard InChI is InChI=1S/C17H18ClN5O/c1-11-7-16(22-17(20)21-11)23-5-2-6-24-10-15(23)13-8-12(9-19)3-4-14(13)18/h3-4,7-8,15H,2,5-6,10H2,1H3,(H2,20,21,22). The molecule has 0 amide bonds. The Kier molecular flexibility index (Phi) is 4.84. The maximum Gasteiger partial charge on any atom is 0.222 e. The van der Waals surface area contributed by atoms with E-state index in [1.807, 2.05) is 19.1 Å². The molecule has 1 fully saturated rings. The molecule has 2 aromatic rings. The van der Waals surface area contributed by atoms with Crippen LogP contribution in [-0.2, 0) is 4.74 Å². The molecular formula is C17H18ClN5O. The number of hydrogen-bond donors (Lipinski definition) is 1. The Morgan fingerprint density at radius 3 is 2.96 bits per heavy atom. The van der Waals surface area contributed by atoms with Gasteiger partial charge in [-0.05, 0) is 37.1 Å². The van der Waals surface area contributed by atoms with Gasteiger partial charge in [0.2, 0.25) is 5.95 Å². The molecule has 7 heteroatoms. The summed E-state index contributed by atoms with van der Waals surface area (Å²) in [6.45, 7) is 3.78. The minimum absolute atomic E-state index is 0.137. The van der Waals surface area contributed by atoms with Crippen molar-refractivity contribution in [1.29, 1.82) is 5.26 Å². The fourth-order valence-electron chi connectivity index (χ4n) is 2.90. The zero-order valence-corrected chi connectivity index (χ0v) is 14.1. The van der Waals surface area contributed by atoms with Crippen LogP contribution >= 0.6 is 11.6 Å². The van der Waals surface area contributed by atoms with Crippen molar-refractivity contribution in [3.8, 4) is 6.07 Å². The van der Waals surface area contributed by atoms with Crippen LogP contribution in [0.4, 0.5) is 11.8 Å². The van der Waals surface area contributed by atoms with Crippen molar-refractivity contribution in [3.63, 3.8) is 0 Å². The van der Waals surface area contributed by atoms with Crippen LogP contribution in [0.5, 0.6) is 0 Å². The molecule has 0 bridgehead atoms. The summed E-state index contributed by atoms with van der Waals surface area (Å²) in [6, 6.07) is 9.19. The highest BCUT2D eigenvalue weighted by Gasteiger charge is 2.27. The summed E-state index contributed by atoms with van der Waals surface area (Å²) in [5.41, 5.74) is 8.04. The number of nitrogen functional groups attached to an aromatic ring is 1. The molecule has 1 saturated heterocycles. The van der Waals surface area contributed by atoms with E-state index < -0.39 is 0 Å². The summed E-state index contributed by atoms with van der Waals surface area (Å²) in [6.07, 6.45) is 0.870. The van der Waals surface area contributed by atoms with Crippen molar-refractivity contribution < 1.29 is 4.74 Å². The lowest BCUT2D eigenvalue weighted by molar-refractivity contribution is 0.134. The summed E-state index contributed by atoms with van der Waals surface area (Å²) < 4.78 is 5.74. The highest BCUT2D eigenvalue weighted by atomic mass is 35.5. The molecule has 1 aliphatic rings. The maximum atomic E-state index is 9.19. The Bertz CT molecular complexity index is 769. The van der Waals surface area contributed by atoms with Crippen molar-refractivity contribution in [1.82, 2.24) is 9.97 Å². The van der Waals surface area contributed by atoms with Gasteiger partial charge in [0.05, 0.1) is 24.3 Å². The predicted octanol–water partition coefficient (Wildman–Crippen LogP) is 2.86. The molecule has 1 aliphatic heterocycles. The van der Waals surface area contributed by atoms with Crippen LogP contribution in [0, 0.1) is 18.3 Å². The number of nitrogens with zero attached hydrogens (tertiary/aromatic N) is 4. The second-order valence-electron chi connectivity index (χ2n) is 5.71. The van der Waals surface area contributed by atoms with E-state index in [1.165, 1.54) is 0 Å². The Morgan fingerprint density at radius 2 is 2.21 bits per heavy atom. The van der Waals surface area contributed by atoms with E-state index in [9.17, 15) is 5.26 Å². The minimum atomic E-state index is -0.137. The monoisotopic (exact) mass is 343 g/mol. The van der Waals surface area contributed by atoms with Crippen LogP contribution in [0.25, 0.3) is 0 Å². The molecule has 6 nitrogen and oxygen atoms in total. The van der Waals surface area contributed by atoms with Gasteiger partial charge in [0.25, 0.3) is 0 Å². The van der Waals surface area contributed by atoms with Gasteiger partial charge in [0.1, 0.15) is 5.82 Å². The normalized spacial score (nSPS) is 18.0. The molecule has 2 N–H and O–H groups in total. The molecule has 1 aromatic heterocycles. The van der Waals surface area contributed by atoms with Gasteiger partial charge in [-0.25, -0.2) is 4.98 Å². The van der Waals surface area contributed by atoms with E-state index in [0.717, 1.165) is 30.0 Å². The first-order valence-corrected chi connectivity index (χ1v) is 8.11. The lowest BCUT2D eigenvalue weighted by Crippen LogP contribution is -2.32. The highest BCUT2D eigenvalue weighted by molar-refractivity contribution is 6.31. The number of aromatic nitrogens is 2. The quantitative estimate of drug-likeness (QED) is 0.902. The van der Waals surface area contributed by atoms with Crippen molar-refractivity contribution in [3.05, 3.63) is 46.1 Å². The Labute approximate surface area is 145 Å². The molecule has 1 unspecified atom stereocenters. The van der Waals surface area contributed by atoms with Gasteiger partial charge >= 0.3 is 0 Å². The predicted molar refractivity (Wildman–Crippen MR) is 92.9 cm³/mol. The molecule has 0 radical (unpaired) electrons. The second-order valence-corrected chi connectivity index (χ2v) is 6.12. The number of benzene rings is 1. The Hall–Kier alpha value is -2.36. The molecule has 0 saturated carbocycles. The van der Waals surface area contributed by atoms with Gasteiger partial charge in [-0.3, -0.25) is 0 Å². The SMILES string of the molecule is Cc1cc(N2CCCOCC2c2cc(C#N)ccc2Cl)nc(N)n1. The molecule has 24 heavy (non-hydrogen) atoms. The van der Waals surface area contributed by atoms with Gasteiger partial charge < -0.3 is 15.4 Å². The minimum Gasteiger partial charge on any atom is -0.379 e. The van der Waals surface area contributed by atoms with E-state index in [1.54, 1.807) is 12.1 Å². The number of nitriles is 1. The number of hydrogen-bond acceptors (Lipinski definition) is 6. The van der Waals surface area contributed by atoms with Crippen LogP contribution < -0.4 is 10.6 Å². The van der Waals surface area contributed by atoms with Crippen molar-refractivity contribution in [2.24, 2.45) is 0 Å². The first kappa shape index (κ1) is 16.5. The highest BCUT2D eigenvalue weighted by Crippen LogP contribution is 2.33. The third-order valence-electron chi connectivity index (χ3n) is 3.98. The third kappa shape index (κ3) is 3.42. The number of ether oxygens (including phenoxy) is 1. The average molecular weight is 344 g/mol.